The summed E-state index contributed by atoms with van der Waals surface area (Å²) < 4.78 is 0. The van der Waals surface area contributed by atoms with Gasteiger partial charge in [-0.25, -0.2) is 4.79 Å². The highest BCUT2D eigenvalue weighted by Gasteiger charge is 2.35. The number of nitrogens with one attached hydrogen (secondary N) is 1. The lowest BCUT2D eigenvalue weighted by Crippen LogP contribution is -2.56. The minimum absolute atomic E-state index is 0.0494. The predicted molar refractivity (Wildman–Crippen MR) is 55.8 cm³/mol. The lowest BCUT2D eigenvalue weighted by molar-refractivity contribution is -1.05. The Bertz CT molecular complexity index is 327. The second kappa shape index (κ2) is 4.67. The van der Waals surface area contributed by atoms with Gasteiger partial charge in [0.1, 0.15) is 24.9 Å². The number of piperazine rings is 1. The molecular formula is C9H14N3O5-. The second-order valence-electron chi connectivity index (χ2n) is 4.28. The van der Waals surface area contributed by atoms with Gasteiger partial charge in [-0.1, -0.05) is 0 Å². The topological polar surface area (TPSA) is 105 Å². The van der Waals surface area contributed by atoms with E-state index in [1.807, 2.05) is 0 Å². The summed E-state index contributed by atoms with van der Waals surface area (Å²) in [6, 6.07) is -0.725. The standard InChI is InChI=1S/C9H14N3O5/c13-7-5-8(10-6-7)9(14)17-12(16)3-1-11(15)2-4-12/h8,10H,1-6H2/q-1/t8-/m0/s1. The summed E-state index contributed by atoms with van der Waals surface area (Å²) in [7, 11) is 0. The highest BCUT2D eigenvalue weighted by Crippen LogP contribution is 2.14. The summed E-state index contributed by atoms with van der Waals surface area (Å²) in [6.07, 6.45) is 0.0620. The number of rotatable bonds is 2. The van der Waals surface area contributed by atoms with Crippen LogP contribution in [0.1, 0.15) is 6.42 Å². The molecule has 1 atom stereocenters. The van der Waals surface area contributed by atoms with Crippen molar-refractivity contribution in [3.63, 3.8) is 0 Å². The fourth-order valence-corrected chi connectivity index (χ4v) is 1.85. The number of hydroxylamine groups is 6. The summed E-state index contributed by atoms with van der Waals surface area (Å²) in [5, 5.41) is 26.3. The molecule has 0 aromatic carbocycles. The van der Waals surface area contributed by atoms with Crippen LogP contribution in [0.15, 0.2) is 0 Å². The third kappa shape index (κ3) is 2.99. The minimum atomic E-state index is -1.13. The molecule has 0 saturated carbocycles. The van der Waals surface area contributed by atoms with Gasteiger partial charge in [0, 0.05) is 19.5 Å². The van der Waals surface area contributed by atoms with E-state index in [1.165, 1.54) is 0 Å². The van der Waals surface area contributed by atoms with E-state index >= 15 is 0 Å². The van der Waals surface area contributed by atoms with Gasteiger partial charge in [0.05, 0.1) is 6.54 Å². The molecule has 0 aromatic heterocycles. The number of quaternary nitrogens is 1. The van der Waals surface area contributed by atoms with E-state index in [1.54, 1.807) is 0 Å². The van der Waals surface area contributed by atoms with Crippen LogP contribution in [-0.4, -0.2) is 60.4 Å². The van der Waals surface area contributed by atoms with Crippen molar-refractivity contribution in [1.29, 1.82) is 0 Å². The largest absolute Gasteiger partial charge is 0.785 e. The first-order valence-corrected chi connectivity index (χ1v) is 5.47. The lowest BCUT2D eigenvalue weighted by atomic mass is 10.2. The van der Waals surface area contributed by atoms with Crippen LogP contribution in [0, 0.1) is 10.4 Å². The smallest absolute Gasteiger partial charge is 0.384 e. The first-order valence-electron chi connectivity index (χ1n) is 5.47. The maximum Gasteiger partial charge on any atom is 0.384 e. The van der Waals surface area contributed by atoms with Crippen LogP contribution in [0.25, 0.3) is 0 Å². The summed E-state index contributed by atoms with van der Waals surface area (Å²) in [6.45, 7) is 0.0837. The zero-order chi connectivity index (χ0) is 12.5. The van der Waals surface area contributed by atoms with Crippen molar-refractivity contribution in [2.75, 3.05) is 32.7 Å². The van der Waals surface area contributed by atoms with E-state index in [4.69, 9.17) is 4.84 Å². The van der Waals surface area contributed by atoms with Crippen LogP contribution in [-0.2, 0) is 14.4 Å². The van der Waals surface area contributed by atoms with Crippen molar-refractivity contribution < 1.29 is 19.2 Å². The molecule has 0 amide bonds. The van der Waals surface area contributed by atoms with Crippen LogP contribution in [0.2, 0.25) is 0 Å². The van der Waals surface area contributed by atoms with E-state index in [-0.39, 0.29) is 44.9 Å². The molecule has 2 aliphatic rings. The average Bonchev–Trinajstić information content (AvgIpc) is 2.70. The molecule has 2 saturated heterocycles. The molecule has 2 rings (SSSR count). The first-order chi connectivity index (χ1) is 7.98. The lowest BCUT2D eigenvalue weighted by Gasteiger charge is -2.46. The molecule has 8 nitrogen and oxygen atoms in total. The van der Waals surface area contributed by atoms with E-state index in [0.717, 1.165) is 5.06 Å². The summed E-state index contributed by atoms with van der Waals surface area (Å²) >= 11 is 0. The quantitative estimate of drug-likeness (QED) is 0.465. The molecule has 8 heteroatoms. The fraction of sp³-hybridized carbons (Fsp3) is 0.778. The van der Waals surface area contributed by atoms with Gasteiger partial charge < -0.3 is 15.5 Å². The van der Waals surface area contributed by atoms with Crippen molar-refractivity contribution in [3.05, 3.63) is 10.4 Å². The maximum atomic E-state index is 11.9. The summed E-state index contributed by atoms with van der Waals surface area (Å²) in [4.78, 5) is 26.3. The molecular weight excluding hydrogens is 230 g/mol. The third-order valence-corrected chi connectivity index (χ3v) is 2.90. The van der Waals surface area contributed by atoms with E-state index < -0.39 is 16.8 Å². The van der Waals surface area contributed by atoms with Gasteiger partial charge in [-0.15, -0.1) is 0 Å². The number of Topliss-reactive ketones (excluding diaryl/α,β-unsaturated/α-hetero) is 1. The van der Waals surface area contributed by atoms with Crippen LogP contribution in [0.4, 0.5) is 0 Å². The molecule has 2 aliphatic heterocycles. The molecule has 2 fully saturated rings. The zero-order valence-electron chi connectivity index (χ0n) is 9.26. The molecule has 0 radical (unpaired) electrons. The molecule has 0 aliphatic carbocycles. The van der Waals surface area contributed by atoms with Crippen molar-refractivity contribution in [3.8, 4) is 0 Å². The van der Waals surface area contributed by atoms with E-state index in [2.05, 4.69) is 5.32 Å². The van der Waals surface area contributed by atoms with Crippen molar-refractivity contribution in [1.82, 2.24) is 10.4 Å². The molecule has 0 spiro atoms. The van der Waals surface area contributed by atoms with Gasteiger partial charge in [0.2, 0.25) is 0 Å². The zero-order valence-corrected chi connectivity index (χ0v) is 9.26. The molecule has 1 N–H and O–H groups in total. The first kappa shape index (κ1) is 12.4. The number of carbonyl (C=O) groups excluding carboxylic acids is 2. The number of carbonyl (C=O) groups is 2. The van der Waals surface area contributed by atoms with Gasteiger partial charge in [-0.3, -0.25) is 14.9 Å². The Labute approximate surface area is 97.8 Å². The van der Waals surface area contributed by atoms with E-state index in [0.29, 0.717) is 0 Å². The molecule has 0 unspecified atom stereocenters. The predicted octanol–water partition coefficient (Wildman–Crippen LogP) is -1.50. The highest BCUT2D eigenvalue weighted by atomic mass is 16.9. The fourth-order valence-electron chi connectivity index (χ4n) is 1.85. The van der Waals surface area contributed by atoms with Gasteiger partial charge in [0.25, 0.3) is 0 Å². The molecule has 0 bridgehead atoms. The molecule has 96 valence electrons. The van der Waals surface area contributed by atoms with E-state index in [9.17, 15) is 20.0 Å². The van der Waals surface area contributed by atoms with Crippen molar-refractivity contribution >= 4 is 11.8 Å². The Kier molecular flexibility index (Phi) is 3.40. The second-order valence-corrected chi connectivity index (χ2v) is 4.28. The van der Waals surface area contributed by atoms with Crippen LogP contribution < -0.4 is 5.32 Å². The Hall–Kier alpha value is -1.06. The minimum Gasteiger partial charge on any atom is -0.785 e. The van der Waals surface area contributed by atoms with Crippen molar-refractivity contribution in [2.45, 2.75) is 12.5 Å². The Morgan fingerprint density at radius 1 is 1.47 bits per heavy atom. The Morgan fingerprint density at radius 3 is 2.65 bits per heavy atom. The number of nitrogens with zero attached hydrogens (tertiary/aromatic N) is 2. The average molecular weight is 244 g/mol. The van der Waals surface area contributed by atoms with Crippen molar-refractivity contribution in [2.24, 2.45) is 0 Å². The molecule has 0 aromatic rings. The van der Waals surface area contributed by atoms with Gasteiger partial charge in [0.15, 0.2) is 0 Å². The molecule has 2 heterocycles. The normalized spacial score (nSPS) is 29.3. The number of ketones is 1. The molecule has 17 heavy (non-hydrogen) atoms. The Morgan fingerprint density at radius 2 is 2.12 bits per heavy atom. The highest BCUT2D eigenvalue weighted by molar-refractivity contribution is 5.90. The number of hydrogen-bond donors (Lipinski definition) is 1. The van der Waals surface area contributed by atoms with Crippen LogP contribution in [0.5, 0.6) is 0 Å². The van der Waals surface area contributed by atoms with Crippen LogP contribution >= 0.6 is 0 Å². The monoisotopic (exact) mass is 244 g/mol. The van der Waals surface area contributed by atoms with Crippen LogP contribution in [0.3, 0.4) is 0 Å². The number of hydrogen-bond acceptors (Lipinski definition) is 7. The Balaban J connectivity index is 1.87. The van der Waals surface area contributed by atoms with Gasteiger partial charge >= 0.3 is 5.97 Å². The maximum absolute atomic E-state index is 11.9. The summed E-state index contributed by atoms with van der Waals surface area (Å²) in [5.41, 5.74) is 0. The SMILES string of the molecule is O=C1CN[C@H](C(=O)O[N+]2([O-])CCN([O-])CC2)C1. The van der Waals surface area contributed by atoms with Gasteiger partial charge in [-0.05, 0) is 0 Å². The third-order valence-electron chi connectivity index (χ3n) is 2.90. The van der Waals surface area contributed by atoms with Gasteiger partial charge in [-0.2, -0.15) is 4.81 Å². The summed E-state index contributed by atoms with van der Waals surface area (Å²) in [5.74, 6) is -0.793.